The second kappa shape index (κ2) is 9.71. The highest BCUT2D eigenvalue weighted by atomic mass is 16.6. The highest BCUT2D eigenvalue weighted by Gasteiger charge is 2.56. The van der Waals surface area contributed by atoms with Crippen molar-refractivity contribution in [2.45, 2.75) is 46.8 Å². The summed E-state index contributed by atoms with van der Waals surface area (Å²) in [7, 11) is 1.73. The summed E-state index contributed by atoms with van der Waals surface area (Å²) >= 11 is 0. The van der Waals surface area contributed by atoms with E-state index in [1.165, 1.54) is 5.70 Å². The van der Waals surface area contributed by atoms with Crippen LogP contribution in [0.25, 0.3) is 10.9 Å². The molecule has 5 heteroatoms. The molecule has 1 aromatic heterocycles. The number of cyclic esters (lactones) is 1. The van der Waals surface area contributed by atoms with Crippen molar-refractivity contribution in [3.63, 3.8) is 0 Å². The number of carbonyl (C=O) groups is 1. The molecule has 0 radical (unpaired) electrons. The lowest BCUT2D eigenvalue weighted by Gasteiger charge is -2.34. The maximum absolute atomic E-state index is 13.5. The first-order valence-electron chi connectivity index (χ1n) is 13.1. The Kier molecular flexibility index (Phi) is 6.59. The fourth-order valence-electron chi connectivity index (χ4n) is 6.53. The number of benzene rings is 2. The summed E-state index contributed by atoms with van der Waals surface area (Å²) in [5.74, 6) is -0.222. The van der Waals surface area contributed by atoms with Crippen LogP contribution in [0.1, 0.15) is 54.9 Å². The van der Waals surface area contributed by atoms with Crippen LogP contribution in [0.5, 0.6) is 0 Å². The Morgan fingerprint density at radius 3 is 2.57 bits per heavy atom. The zero-order valence-electron chi connectivity index (χ0n) is 22.7. The smallest absolute Gasteiger partial charge is 0.340 e. The van der Waals surface area contributed by atoms with Gasteiger partial charge in [-0.1, -0.05) is 55.5 Å². The van der Waals surface area contributed by atoms with Gasteiger partial charge in [-0.2, -0.15) is 0 Å². The topological polar surface area (TPSA) is 43.7 Å². The minimum absolute atomic E-state index is 0.0515. The maximum atomic E-state index is 13.5. The summed E-state index contributed by atoms with van der Waals surface area (Å²) in [5, 5.41) is 1.10. The summed E-state index contributed by atoms with van der Waals surface area (Å²) in [4.78, 5) is 15.9. The number of hydrogen-bond donors (Lipinski definition) is 0. The SMILES string of the molecule is C/C=C\C=C1/C(C)C(C2(c3c(C)n(CCOC)c4ccccc34)OC(=O)c3ccccc32)=C(C)N1CC. The number of rotatable bonds is 7. The van der Waals surface area contributed by atoms with Crippen molar-refractivity contribution < 1.29 is 14.3 Å². The Labute approximate surface area is 219 Å². The Balaban J connectivity index is 1.90. The molecule has 2 aromatic carbocycles. The molecule has 0 N–H and O–H groups in total. The summed E-state index contributed by atoms with van der Waals surface area (Å²) in [5.41, 5.74) is 7.26. The van der Waals surface area contributed by atoms with Gasteiger partial charge in [-0.25, -0.2) is 4.79 Å². The van der Waals surface area contributed by atoms with Crippen molar-refractivity contribution in [2.75, 3.05) is 20.3 Å². The van der Waals surface area contributed by atoms with E-state index in [1.807, 2.05) is 25.1 Å². The first-order chi connectivity index (χ1) is 17.9. The fraction of sp³-hybridized carbons (Fsp3) is 0.344. The molecule has 0 amide bonds. The van der Waals surface area contributed by atoms with Gasteiger partial charge in [-0.15, -0.1) is 0 Å². The lowest BCUT2D eigenvalue weighted by atomic mass is 9.74. The van der Waals surface area contributed by atoms with Gasteiger partial charge in [0.1, 0.15) is 0 Å². The van der Waals surface area contributed by atoms with Gasteiger partial charge >= 0.3 is 5.97 Å². The van der Waals surface area contributed by atoms with E-state index in [9.17, 15) is 4.79 Å². The average Bonchev–Trinajstić information content (AvgIpc) is 3.45. The third kappa shape index (κ3) is 3.59. The number of allylic oxidation sites excluding steroid dienone is 5. The lowest BCUT2D eigenvalue weighted by Crippen LogP contribution is -2.34. The van der Waals surface area contributed by atoms with Gasteiger partial charge in [0.25, 0.3) is 0 Å². The van der Waals surface area contributed by atoms with Crippen molar-refractivity contribution in [3.8, 4) is 0 Å². The molecule has 2 aliphatic heterocycles. The number of esters is 1. The molecule has 0 bridgehead atoms. The van der Waals surface area contributed by atoms with Crippen LogP contribution in [-0.4, -0.2) is 35.7 Å². The van der Waals surface area contributed by atoms with Crippen molar-refractivity contribution in [1.29, 1.82) is 0 Å². The quantitative estimate of drug-likeness (QED) is 0.341. The second-order valence-corrected chi connectivity index (χ2v) is 9.82. The van der Waals surface area contributed by atoms with E-state index in [-0.39, 0.29) is 11.9 Å². The number of nitrogens with zero attached hydrogens (tertiary/aromatic N) is 2. The molecule has 192 valence electrons. The van der Waals surface area contributed by atoms with Crippen LogP contribution in [0.2, 0.25) is 0 Å². The van der Waals surface area contributed by atoms with E-state index in [4.69, 9.17) is 9.47 Å². The minimum Gasteiger partial charge on any atom is -0.441 e. The normalized spacial score (nSPS) is 22.6. The van der Waals surface area contributed by atoms with Gasteiger partial charge in [0.15, 0.2) is 5.60 Å². The van der Waals surface area contributed by atoms with Crippen LogP contribution in [0.3, 0.4) is 0 Å². The number of carbonyl (C=O) groups excluding carboxylic acids is 1. The van der Waals surface area contributed by atoms with Crippen molar-refractivity contribution >= 4 is 16.9 Å². The molecule has 0 saturated heterocycles. The second-order valence-electron chi connectivity index (χ2n) is 9.82. The van der Waals surface area contributed by atoms with Crippen molar-refractivity contribution in [3.05, 3.63) is 106 Å². The van der Waals surface area contributed by atoms with E-state index in [1.54, 1.807) is 7.11 Å². The number of hydrogen-bond acceptors (Lipinski definition) is 4. The monoisotopic (exact) mass is 496 g/mol. The third-order valence-corrected chi connectivity index (χ3v) is 8.01. The third-order valence-electron chi connectivity index (χ3n) is 8.01. The maximum Gasteiger partial charge on any atom is 0.340 e. The molecule has 3 heterocycles. The predicted octanol–water partition coefficient (Wildman–Crippen LogP) is 6.72. The highest BCUT2D eigenvalue weighted by molar-refractivity contribution is 5.99. The number of methoxy groups -OCH3 is 1. The van der Waals surface area contributed by atoms with Gasteiger partial charge in [0.05, 0.1) is 12.2 Å². The minimum atomic E-state index is -1.03. The standard InChI is InChI=1S/C32H36N2O3/c1-7-9-17-27-21(3)29(22(4)33(27)8-2)32(26-16-12-10-14-24(26)31(35)37-32)30-23(5)34(19-20-36-6)28-18-13-11-15-25(28)30/h7,9-18,21H,8,19-20H2,1-6H3/b9-7-,27-17+. The Morgan fingerprint density at radius 2 is 1.84 bits per heavy atom. The van der Waals surface area contributed by atoms with E-state index in [0.717, 1.165) is 52.1 Å². The molecular weight excluding hydrogens is 460 g/mol. The molecule has 0 aliphatic carbocycles. The molecule has 3 aromatic rings. The van der Waals surface area contributed by atoms with Crippen LogP contribution >= 0.6 is 0 Å². The largest absolute Gasteiger partial charge is 0.441 e. The lowest BCUT2D eigenvalue weighted by molar-refractivity contribution is 0.0219. The zero-order chi connectivity index (χ0) is 26.3. The van der Waals surface area contributed by atoms with Gasteiger partial charge < -0.3 is 18.9 Å². The summed E-state index contributed by atoms with van der Waals surface area (Å²) in [6.45, 7) is 12.9. The number of para-hydroxylation sites is 1. The first-order valence-corrected chi connectivity index (χ1v) is 13.1. The number of ether oxygens (including phenoxy) is 2. The van der Waals surface area contributed by atoms with Crippen LogP contribution in [0, 0.1) is 12.8 Å². The van der Waals surface area contributed by atoms with Crippen molar-refractivity contribution in [1.82, 2.24) is 9.47 Å². The van der Waals surface area contributed by atoms with Gasteiger partial charge in [-0.05, 0) is 45.9 Å². The summed E-state index contributed by atoms with van der Waals surface area (Å²) < 4.78 is 14.4. The highest BCUT2D eigenvalue weighted by Crippen LogP contribution is 2.57. The molecule has 37 heavy (non-hydrogen) atoms. The Hall–Kier alpha value is -3.57. The zero-order valence-corrected chi connectivity index (χ0v) is 22.7. The molecule has 0 spiro atoms. The molecule has 5 rings (SSSR count). The molecular formula is C32H36N2O3. The van der Waals surface area contributed by atoms with Crippen LogP contribution in [-0.2, 0) is 21.6 Å². The molecule has 0 fully saturated rings. The van der Waals surface area contributed by atoms with Gasteiger partial charge in [0, 0.05) is 70.8 Å². The molecule has 5 nitrogen and oxygen atoms in total. The number of fused-ring (bicyclic) bond motifs is 2. The first kappa shape index (κ1) is 25.1. The summed E-state index contributed by atoms with van der Waals surface area (Å²) in [6.07, 6.45) is 6.33. The summed E-state index contributed by atoms with van der Waals surface area (Å²) in [6, 6.07) is 16.3. The van der Waals surface area contributed by atoms with E-state index in [0.29, 0.717) is 12.2 Å². The molecule has 2 atom stereocenters. The molecule has 2 aliphatic rings. The van der Waals surface area contributed by atoms with Gasteiger partial charge in [0.2, 0.25) is 0 Å². The average molecular weight is 497 g/mol. The Bertz CT molecular complexity index is 1460. The van der Waals surface area contributed by atoms with Crippen LogP contribution < -0.4 is 0 Å². The molecule has 2 unspecified atom stereocenters. The predicted molar refractivity (Wildman–Crippen MR) is 148 cm³/mol. The Morgan fingerprint density at radius 1 is 1.11 bits per heavy atom. The van der Waals surface area contributed by atoms with E-state index >= 15 is 0 Å². The fourth-order valence-corrected chi connectivity index (χ4v) is 6.53. The van der Waals surface area contributed by atoms with Gasteiger partial charge in [-0.3, -0.25) is 0 Å². The van der Waals surface area contributed by atoms with Crippen molar-refractivity contribution in [2.24, 2.45) is 5.92 Å². The van der Waals surface area contributed by atoms with E-state index < -0.39 is 5.60 Å². The molecule has 0 saturated carbocycles. The van der Waals surface area contributed by atoms with Crippen LogP contribution in [0.15, 0.2) is 83.7 Å². The van der Waals surface area contributed by atoms with Crippen LogP contribution in [0.4, 0.5) is 0 Å². The van der Waals surface area contributed by atoms with E-state index in [2.05, 4.69) is 85.7 Å². The number of aromatic nitrogens is 1.